The first-order valence-corrected chi connectivity index (χ1v) is 12.7. The molecule has 9 heteroatoms. The molecular weight excluding hydrogens is 502 g/mol. The Kier molecular flexibility index (Phi) is 7.57. The molecule has 1 atom stereocenters. The van der Waals surface area contributed by atoms with Crippen LogP contribution in [0.1, 0.15) is 45.0 Å². The monoisotopic (exact) mass is 525 g/mol. The third-order valence-corrected chi connectivity index (χ3v) is 8.03. The Bertz CT molecular complexity index is 1240. The van der Waals surface area contributed by atoms with Crippen molar-refractivity contribution in [1.82, 2.24) is 13.9 Å². The van der Waals surface area contributed by atoms with Crippen molar-refractivity contribution in [3.8, 4) is 0 Å². The van der Waals surface area contributed by atoms with Crippen molar-refractivity contribution in [2.45, 2.75) is 44.0 Å². The van der Waals surface area contributed by atoms with Gasteiger partial charge in [0.05, 0.1) is 21.8 Å². The molecule has 0 saturated carbocycles. The summed E-state index contributed by atoms with van der Waals surface area (Å²) in [4.78, 5) is 17.7. The predicted octanol–water partition coefficient (Wildman–Crippen LogP) is 5.29. The van der Waals surface area contributed by atoms with Gasteiger partial charge in [-0.3, -0.25) is 9.36 Å². The molecule has 0 spiro atoms. The zero-order chi connectivity index (χ0) is 22.8. The van der Waals surface area contributed by atoms with Crippen LogP contribution in [0.3, 0.4) is 0 Å². The van der Waals surface area contributed by atoms with Crippen LogP contribution in [0, 0.1) is 0 Å². The van der Waals surface area contributed by atoms with Crippen molar-refractivity contribution in [2.24, 2.45) is 7.05 Å². The number of sulfonamides is 1. The van der Waals surface area contributed by atoms with E-state index in [9.17, 15) is 13.2 Å². The maximum atomic E-state index is 13.5. The number of hydrogen-bond acceptors (Lipinski definition) is 4. The lowest BCUT2D eigenvalue weighted by atomic mass is 10.2. The molecule has 0 saturated heterocycles. The number of nitrogens with zero attached hydrogens (tertiary/aromatic N) is 3. The summed E-state index contributed by atoms with van der Waals surface area (Å²) in [6.45, 7) is 4.16. The lowest BCUT2D eigenvalue weighted by Gasteiger charge is -2.29. The second kappa shape index (κ2) is 9.81. The van der Waals surface area contributed by atoms with E-state index in [1.165, 1.54) is 8.87 Å². The minimum atomic E-state index is -3.81. The van der Waals surface area contributed by atoms with Crippen LogP contribution in [-0.2, 0) is 17.1 Å². The van der Waals surface area contributed by atoms with Crippen molar-refractivity contribution in [2.75, 3.05) is 6.54 Å². The van der Waals surface area contributed by atoms with Crippen LogP contribution < -0.4 is 5.56 Å². The van der Waals surface area contributed by atoms with Crippen LogP contribution in [-0.4, -0.2) is 28.8 Å². The minimum absolute atomic E-state index is 0.202. The third-order valence-electron chi connectivity index (χ3n) is 5.28. The fraction of sp³-hybridized carbons (Fsp3) is 0.364. The molecule has 1 aromatic heterocycles. The zero-order valence-electron chi connectivity index (χ0n) is 17.7. The van der Waals surface area contributed by atoms with Crippen LogP contribution >= 0.6 is 27.5 Å². The molecule has 166 valence electrons. The Morgan fingerprint density at radius 2 is 1.84 bits per heavy atom. The second-order valence-electron chi connectivity index (χ2n) is 7.45. The van der Waals surface area contributed by atoms with Gasteiger partial charge in [0, 0.05) is 23.1 Å². The number of halogens is 2. The van der Waals surface area contributed by atoms with Crippen LogP contribution in [0.4, 0.5) is 0 Å². The summed E-state index contributed by atoms with van der Waals surface area (Å²) in [6.07, 6.45) is 2.58. The van der Waals surface area contributed by atoms with Gasteiger partial charge in [-0.2, -0.15) is 4.31 Å². The number of hydrogen-bond donors (Lipinski definition) is 0. The van der Waals surface area contributed by atoms with E-state index >= 15 is 0 Å². The fourth-order valence-electron chi connectivity index (χ4n) is 3.55. The molecule has 1 unspecified atom stereocenters. The first kappa shape index (κ1) is 23.9. The number of rotatable bonds is 8. The van der Waals surface area contributed by atoms with Gasteiger partial charge in [0.2, 0.25) is 10.0 Å². The largest absolute Gasteiger partial charge is 0.298 e. The molecule has 0 aliphatic heterocycles. The summed E-state index contributed by atoms with van der Waals surface area (Å²) >= 11 is 9.44. The van der Waals surface area contributed by atoms with Crippen molar-refractivity contribution in [3.63, 3.8) is 0 Å². The Balaban J connectivity index is 2.12. The molecule has 2 aromatic carbocycles. The molecule has 0 N–H and O–H groups in total. The summed E-state index contributed by atoms with van der Waals surface area (Å²) in [7, 11) is -2.19. The highest BCUT2D eigenvalue weighted by atomic mass is 79.9. The van der Waals surface area contributed by atoms with Gasteiger partial charge in [0.25, 0.3) is 5.56 Å². The van der Waals surface area contributed by atoms with Crippen molar-refractivity contribution < 1.29 is 8.42 Å². The maximum Gasteiger partial charge on any atom is 0.261 e. The van der Waals surface area contributed by atoms with Crippen LogP contribution in [0.25, 0.3) is 10.9 Å². The van der Waals surface area contributed by atoms with E-state index in [4.69, 9.17) is 11.6 Å². The number of fused-ring (bicyclic) bond motifs is 1. The summed E-state index contributed by atoms with van der Waals surface area (Å²) in [5.41, 5.74) is 0.213. The highest BCUT2D eigenvalue weighted by Gasteiger charge is 2.32. The van der Waals surface area contributed by atoms with Gasteiger partial charge in [-0.05, 0) is 55.8 Å². The van der Waals surface area contributed by atoms with E-state index in [1.54, 1.807) is 56.4 Å². The molecular formula is C22H25BrClN3O3S. The summed E-state index contributed by atoms with van der Waals surface area (Å²) in [6, 6.07) is 10.8. The third kappa shape index (κ3) is 5.03. The molecule has 0 aliphatic rings. The molecule has 1 heterocycles. The summed E-state index contributed by atoms with van der Waals surface area (Å²) < 4.78 is 30.7. The first-order chi connectivity index (χ1) is 14.7. The van der Waals surface area contributed by atoms with Gasteiger partial charge in [-0.15, -0.1) is 0 Å². The molecule has 0 bridgehead atoms. The fourth-order valence-corrected chi connectivity index (χ4v) is 5.61. The Hall–Kier alpha value is -1.74. The van der Waals surface area contributed by atoms with Gasteiger partial charge < -0.3 is 0 Å². The normalized spacial score (nSPS) is 13.1. The predicted molar refractivity (Wildman–Crippen MR) is 128 cm³/mol. The van der Waals surface area contributed by atoms with Crippen molar-refractivity contribution in [3.05, 3.63) is 68.1 Å². The highest BCUT2D eigenvalue weighted by Crippen LogP contribution is 2.28. The standard InChI is InChI=1S/C22H25BrClN3O3S/c1-4-5-6-13-27(31(29,30)18-10-7-16(23)8-11-18)15(2)21-25-20-14-17(24)9-12-19(20)22(28)26(21)3/h7-12,14-15H,4-6,13H2,1-3H3. The maximum absolute atomic E-state index is 13.5. The molecule has 0 amide bonds. The Labute approximate surface area is 196 Å². The molecule has 6 nitrogen and oxygen atoms in total. The minimum Gasteiger partial charge on any atom is -0.298 e. The van der Waals surface area contributed by atoms with E-state index in [1.807, 2.05) is 0 Å². The van der Waals surface area contributed by atoms with Gasteiger partial charge in [-0.1, -0.05) is 47.3 Å². The lowest BCUT2D eigenvalue weighted by Crippen LogP contribution is -2.37. The van der Waals surface area contributed by atoms with E-state index in [0.29, 0.717) is 34.7 Å². The first-order valence-electron chi connectivity index (χ1n) is 10.1. The average Bonchev–Trinajstić information content (AvgIpc) is 2.73. The molecule has 0 radical (unpaired) electrons. The highest BCUT2D eigenvalue weighted by molar-refractivity contribution is 9.10. The van der Waals surface area contributed by atoms with E-state index in [0.717, 1.165) is 17.3 Å². The molecule has 0 fully saturated rings. The zero-order valence-corrected chi connectivity index (χ0v) is 20.8. The molecule has 3 aromatic rings. The number of aromatic nitrogens is 2. The summed E-state index contributed by atoms with van der Waals surface area (Å²) in [5, 5.41) is 0.908. The van der Waals surface area contributed by atoms with Gasteiger partial charge in [-0.25, -0.2) is 13.4 Å². The van der Waals surface area contributed by atoms with Crippen LogP contribution in [0.15, 0.2) is 56.6 Å². The van der Waals surface area contributed by atoms with Crippen LogP contribution in [0.5, 0.6) is 0 Å². The van der Waals surface area contributed by atoms with Crippen LogP contribution in [0.2, 0.25) is 5.02 Å². The Morgan fingerprint density at radius 3 is 2.48 bits per heavy atom. The Morgan fingerprint density at radius 1 is 1.16 bits per heavy atom. The average molecular weight is 527 g/mol. The molecule has 0 aliphatic carbocycles. The quantitative estimate of drug-likeness (QED) is 0.374. The number of benzene rings is 2. The smallest absolute Gasteiger partial charge is 0.261 e. The SMILES string of the molecule is CCCCCN(C(C)c1nc2cc(Cl)ccc2c(=O)n1C)S(=O)(=O)c1ccc(Br)cc1. The summed E-state index contributed by atoms with van der Waals surface area (Å²) in [5.74, 6) is 0.372. The number of unbranched alkanes of at least 4 members (excludes halogenated alkanes) is 2. The molecule has 3 rings (SSSR count). The van der Waals surface area contributed by atoms with Crippen molar-refractivity contribution in [1.29, 1.82) is 0 Å². The second-order valence-corrected chi connectivity index (χ2v) is 10.7. The van der Waals surface area contributed by atoms with E-state index in [2.05, 4.69) is 27.8 Å². The van der Waals surface area contributed by atoms with E-state index < -0.39 is 16.1 Å². The topological polar surface area (TPSA) is 72.3 Å². The van der Waals surface area contributed by atoms with Gasteiger partial charge >= 0.3 is 0 Å². The molecule has 31 heavy (non-hydrogen) atoms. The van der Waals surface area contributed by atoms with Gasteiger partial charge in [0.15, 0.2) is 0 Å². The lowest BCUT2D eigenvalue weighted by molar-refractivity contribution is 0.317. The van der Waals surface area contributed by atoms with Crippen molar-refractivity contribution >= 4 is 48.5 Å². The van der Waals surface area contributed by atoms with E-state index in [-0.39, 0.29) is 10.5 Å². The van der Waals surface area contributed by atoms with Gasteiger partial charge in [0.1, 0.15) is 5.82 Å².